The molecule has 0 aromatic heterocycles. The molecule has 0 spiro atoms. The highest BCUT2D eigenvalue weighted by atomic mass is 35.5. The highest BCUT2D eigenvalue weighted by Crippen LogP contribution is 2.21. The molecule has 1 N–H and O–H groups in total. The van der Waals surface area contributed by atoms with Crippen LogP contribution in [0, 0.1) is 5.82 Å². The van der Waals surface area contributed by atoms with Crippen LogP contribution < -0.4 is 10.1 Å². The third kappa shape index (κ3) is 7.80. The SMILES string of the molecule is O=C(NC1CCCCC1)[C@@H](Cc1ccccc1)N(Cc1ccccc1F)C(=O)COc1cccc(Cl)c1. The summed E-state index contributed by atoms with van der Waals surface area (Å²) >= 11 is 6.05. The molecule has 0 unspecified atom stereocenters. The van der Waals surface area contributed by atoms with Gasteiger partial charge in [0.15, 0.2) is 6.61 Å². The monoisotopic (exact) mass is 522 g/mol. The molecule has 1 saturated carbocycles. The maximum Gasteiger partial charge on any atom is 0.261 e. The van der Waals surface area contributed by atoms with Gasteiger partial charge in [0.1, 0.15) is 17.6 Å². The van der Waals surface area contributed by atoms with E-state index in [4.69, 9.17) is 16.3 Å². The number of halogens is 2. The highest BCUT2D eigenvalue weighted by Gasteiger charge is 2.32. The Balaban J connectivity index is 1.62. The number of ether oxygens (including phenoxy) is 1. The van der Waals surface area contributed by atoms with Crippen molar-refractivity contribution in [1.82, 2.24) is 10.2 Å². The van der Waals surface area contributed by atoms with E-state index in [2.05, 4.69) is 5.32 Å². The summed E-state index contributed by atoms with van der Waals surface area (Å²) in [5.41, 5.74) is 1.25. The molecule has 1 fully saturated rings. The first-order valence-electron chi connectivity index (χ1n) is 12.7. The van der Waals surface area contributed by atoms with E-state index in [-0.39, 0.29) is 25.1 Å². The summed E-state index contributed by atoms with van der Waals surface area (Å²) in [6.07, 6.45) is 5.44. The summed E-state index contributed by atoms with van der Waals surface area (Å²) in [5.74, 6) is -0.633. The van der Waals surface area contributed by atoms with Crippen LogP contribution >= 0.6 is 11.6 Å². The Labute approximate surface area is 222 Å². The Morgan fingerprint density at radius 1 is 0.973 bits per heavy atom. The Hall–Kier alpha value is -3.38. The first-order chi connectivity index (χ1) is 18.0. The summed E-state index contributed by atoms with van der Waals surface area (Å²) in [5, 5.41) is 3.66. The summed E-state index contributed by atoms with van der Waals surface area (Å²) in [6.45, 7) is -0.364. The molecule has 1 aliphatic rings. The summed E-state index contributed by atoms with van der Waals surface area (Å²) in [6, 6.07) is 21.9. The zero-order chi connectivity index (χ0) is 26.0. The van der Waals surface area contributed by atoms with Gasteiger partial charge in [0, 0.05) is 29.6 Å². The molecule has 37 heavy (non-hydrogen) atoms. The first-order valence-corrected chi connectivity index (χ1v) is 13.1. The molecular weight excluding hydrogens is 491 g/mol. The summed E-state index contributed by atoms with van der Waals surface area (Å²) < 4.78 is 20.4. The molecule has 194 valence electrons. The van der Waals surface area contributed by atoms with Gasteiger partial charge in [0.25, 0.3) is 5.91 Å². The van der Waals surface area contributed by atoms with Gasteiger partial charge in [-0.1, -0.05) is 85.5 Å². The molecule has 0 aliphatic heterocycles. The van der Waals surface area contributed by atoms with Gasteiger partial charge in [0.2, 0.25) is 5.91 Å². The van der Waals surface area contributed by atoms with E-state index in [9.17, 15) is 14.0 Å². The Morgan fingerprint density at radius 3 is 2.43 bits per heavy atom. The lowest BCUT2D eigenvalue weighted by Gasteiger charge is -2.33. The summed E-state index contributed by atoms with van der Waals surface area (Å²) in [7, 11) is 0. The quantitative estimate of drug-likeness (QED) is 0.358. The van der Waals surface area contributed by atoms with Gasteiger partial charge in [-0.05, 0) is 42.7 Å². The number of carbonyl (C=O) groups is 2. The van der Waals surface area contributed by atoms with Crippen molar-refractivity contribution in [3.8, 4) is 5.75 Å². The van der Waals surface area contributed by atoms with Gasteiger partial charge in [0.05, 0.1) is 0 Å². The molecule has 3 aromatic carbocycles. The van der Waals surface area contributed by atoms with Crippen LogP contribution in [0.4, 0.5) is 4.39 Å². The molecule has 0 bridgehead atoms. The van der Waals surface area contributed by atoms with E-state index in [0.29, 0.717) is 22.8 Å². The largest absolute Gasteiger partial charge is 0.484 e. The predicted molar refractivity (Wildman–Crippen MR) is 143 cm³/mol. The smallest absolute Gasteiger partial charge is 0.261 e. The third-order valence-electron chi connectivity index (χ3n) is 6.68. The van der Waals surface area contributed by atoms with Crippen LogP contribution in [0.15, 0.2) is 78.9 Å². The molecule has 7 heteroatoms. The van der Waals surface area contributed by atoms with Crippen LogP contribution in [0.1, 0.15) is 43.2 Å². The van der Waals surface area contributed by atoms with Gasteiger partial charge in [-0.25, -0.2) is 4.39 Å². The zero-order valence-electron chi connectivity index (χ0n) is 20.7. The van der Waals surface area contributed by atoms with Crippen LogP contribution in [-0.2, 0) is 22.6 Å². The maximum atomic E-state index is 14.7. The van der Waals surface area contributed by atoms with Gasteiger partial charge in [-0.3, -0.25) is 9.59 Å². The highest BCUT2D eigenvalue weighted by molar-refractivity contribution is 6.30. The molecule has 0 saturated heterocycles. The van der Waals surface area contributed by atoms with Crippen molar-refractivity contribution < 1.29 is 18.7 Å². The zero-order valence-corrected chi connectivity index (χ0v) is 21.5. The normalized spacial score (nSPS) is 14.5. The van der Waals surface area contributed by atoms with Crippen LogP contribution in [-0.4, -0.2) is 35.4 Å². The second-order valence-corrected chi connectivity index (χ2v) is 9.84. The minimum atomic E-state index is -0.834. The maximum absolute atomic E-state index is 14.7. The van der Waals surface area contributed by atoms with E-state index < -0.39 is 17.8 Å². The Bertz CT molecular complexity index is 1180. The van der Waals surface area contributed by atoms with E-state index >= 15 is 0 Å². The minimum Gasteiger partial charge on any atom is -0.484 e. The molecule has 3 aromatic rings. The van der Waals surface area contributed by atoms with Crippen molar-refractivity contribution in [3.05, 3.63) is 101 Å². The molecular formula is C30H32ClFN2O3. The fourth-order valence-electron chi connectivity index (χ4n) is 4.69. The van der Waals surface area contributed by atoms with Crippen LogP contribution in [0.3, 0.4) is 0 Å². The number of hydrogen-bond donors (Lipinski definition) is 1. The number of rotatable bonds is 10. The van der Waals surface area contributed by atoms with Crippen LogP contribution in [0.25, 0.3) is 0 Å². The van der Waals surface area contributed by atoms with E-state index in [1.54, 1.807) is 42.5 Å². The standard InChI is InChI=1S/C30H32ClFN2O3/c31-24-13-9-16-26(19-24)37-21-29(35)34(20-23-12-7-8-17-27(23)32)28(18-22-10-3-1-4-11-22)30(36)33-25-14-5-2-6-15-25/h1,3-4,7-13,16-17,19,25,28H,2,5-6,14-15,18,20-21H2,(H,33,36)/t28-/m1/s1. The minimum absolute atomic E-state index is 0.0556. The van der Waals surface area contributed by atoms with E-state index in [1.807, 2.05) is 30.3 Å². The molecule has 0 heterocycles. The van der Waals surface area contributed by atoms with Crippen molar-refractivity contribution in [3.63, 3.8) is 0 Å². The number of hydrogen-bond acceptors (Lipinski definition) is 3. The molecule has 5 nitrogen and oxygen atoms in total. The van der Waals surface area contributed by atoms with Crippen molar-refractivity contribution in [1.29, 1.82) is 0 Å². The van der Waals surface area contributed by atoms with Crippen LogP contribution in [0.5, 0.6) is 5.75 Å². The third-order valence-corrected chi connectivity index (χ3v) is 6.91. The van der Waals surface area contributed by atoms with Gasteiger partial charge in [-0.15, -0.1) is 0 Å². The van der Waals surface area contributed by atoms with Gasteiger partial charge < -0.3 is 15.0 Å². The fourth-order valence-corrected chi connectivity index (χ4v) is 4.87. The number of benzene rings is 3. The van der Waals surface area contributed by atoms with E-state index in [0.717, 1.165) is 31.2 Å². The Kier molecular flexibility index (Phi) is 9.55. The van der Waals surface area contributed by atoms with Gasteiger partial charge >= 0.3 is 0 Å². The molecule has 2 amide bonds. The lowest BCUT2D eigenvalue weighted by atomic mass is 9.94. The van der Waals surface area contributed by atoms with Crippen molar-refractivity contribution >= 4 is 23.4 Å². The average molecular weight is 523 g/mol. The van der Waals surface area contributed by atoms with Crippen molar-refractivity contribution in [2.24, 2.45) is 0 Å². The molecule has 1 aliphatic carbocycles. The Morgan fingerprint density at radius 2 is 1.70 bits per heavy atom. The van der Waals surface area contributed by atoms with E-state index in [1.165, 1.54) is 17.4 Å². The molecule has 1 atom stereocenters. The second-order valence-electron chi connectivity index (χ2n) is 9.41. The van der Waals surface area contributed by atoms with Gasteiger partial charge in [-0.2, -0.15) is 0 Å². The van der Waals surface area contributed by atoms with Crippen LogP contribution in [0.2, 0.25) is 5.02 Å². The van der Waals surface area contributed by atoms with Crippen molar-refractivity contribution in [2.45, 2.75) is 57.2 Å². The number of carbonyl (C=O) groups excluding carboxylic acids is 2. The topological polar surface area (TPSA) is 58.6 Å². The lowest BCUT2D eigenvalue weighted by Crippen LogP contribution is -2.53. The number of amides is 2. The number of nitrogens with zero attached hydrogens (tertiary/aromatic N) is 1. The number of nitrogens with one attached hydrogen (secondary N) is 1. The first kappa shape index (κ1) is 26.7. The fraction of sp³-hybridized carbons (Fsp3) is 0.333. The molecule has 4 rings (SSSR count). The lowest BCUT2D eigenvalue weighted by molar-refractivity contribution is -0.143. The van der Waals surface area contributed by atoms with Crippen molar-refractivity contribution in [2.75, 3.05) is 6.61 Å². The predicted octanol–water partition coefficient (Wildman–Crippen LogP) is 5.95. The average Bonchev–Trinajstić information content (AvgIpc) is 2.91. The second kappa shape index (κ2) is 13.2. The summed E-state index contributed by atoms with van der Waals surface area (Å²) in [4.78, 5) is 28.7. The molecule has 0 radical (unpaired) electrons.